The van der Waals surface area contributed by atoms with E-state index in [1.807, 2.05) is 11.8 Å². The van der Waals surface area contributed by atoms with E-state index in [0.717, 1.165) is 18.4 Å². The van der Waals surface area contributed by atoms with Crippen LogP contribution in [0.4, 0.5) is 0 Å². The molecule has 2 atom stereocenters. The van der Waals surface area contributed by atoms with Crippen molar-refractivity contribution in [1.82, 2.24) is 5.32 Å². The smallest absolute Gasteiger partial charge is 0.157 e. The van der Waals surface area contributed by atoms with Crippen molar-refractivity contribution < 1.29 is 0 Å². The Hall–Kier alpha value is -0.180. The molecular formula is C18H34N2S. The molecule has 2 nitrogen and oxygen atoms in total. The summed E-state index contributed by atoms with van der Waals surface area (Å²) in [5, 5.41) is 4.99. The van der Waals surface area contributed by atoms with Crippen molar-refractivity contribution >= 4 is 16.9 Å². The molecule has 0 aromatic heterocycles. The van der Waals surface area contributed by atoms with Crippen LogP contribution in [-0.4, -0.2) is 23.0 Å². The lowest BCUT2D eigenvalue weighted by atomic mass is 9.78. The zero-order chi connectivity index (χ0) is 15.1. The standard InChI is InChI=1S/C18H34N2S/c1-15(2)9-6-4-5-7-12-19-17-20-18(14-21-17)11-8-10-16(3)13-18/h15-16H,4-14H2,1-3H3,(H,19,20). The van der Waals surface area contributed by atoms with Gasteiger partial charge in [-0.1, -0.05) is 71.1 Å². The first-order valence-corrected chi connectivity index (χ1v) is 10.0. The summed E-state index contributed by atoms with van der Waals surface area (Å²) in [6, 6.07) is 0. The number of thioether (sulfide) groups is 1. The molecule has 0 aromatic carbocycles. The predicted molar refractivity (Wildman–Crippen MR) is 96.2 cm³/mol. The van der Waals surface area contributed by atoms with Gasteiger partial charge in [0.05, 0.1) is 0 Å². The van der Waals surface area contributed by atoms with Crippen LogP contribution in [-0.2, 0) is 0 Å². The quantitative estimate of drug-likeness (QED) is 0.651. The molecule has 1 aliphatic carbocycles. The molecule has 0 amide bonds. The summed E-state index contributed by atoms with van der Waals surface area (Å²) >= 11 is 1.96. The zero-order valence-electron chi connectivity index (χ0n) is 14.3. The number of nitrogens with zero attached hydrogens (tertiary/aromatic N) is 1. The number of amidine groups is 1. The van der Waals surface area contributed by atoms with Crippen molar-refractivity contribution in [3.05, 3.63) is 0 Å². The van der Waals surface area contributed by atoms with Crippen LogP contribution < -0.4 is 5.32 Å². The summed E-state index contributed by atoms with van der Waals surface area (Å²) in [6.45, 7) is 8.05. The van der Waals surface area contributed by atoms with Crippen LogP contribution in [0.5, 0.6) is 0 Å². The maximum Gasteiger partial charge on any atom is 0.157 e. The van der Waals surface area contributed by atoms with E-state index in [2.05, 4.69) is 26.1 Å². The van der Waals surface area contributed by atoms with Gasteiger partial charge in [-0.25, -0.2) is 0 Å². The van der Waals surface area contributed by atoms with Gasteiger partial charge in [0.25, 0.3) is 0 Å². The Labute approximate surface area is 135 Å². The molecule has 1 heterocycles. The van der Waals surface area contributed by atoms with Crippen LogP contribution >= 0.6 is 11.8 Å². The maximum absolute atomic E-state index is 4.80. The van der Waals surface area contributed by atoms with Crippen LogP contribution in [0.1, 0.15) is 78.6 Å². The highest BCUT2D eigenvalue weighted by atomic mass is 32.2. The fourth-order valence-corrected chi connectivity index (χ4v) is 4.91. The van der Waals surface area contributed by atoms with Crippen LogP contribution in [0.15, 0.2) is 4.99 Å². The highest BCUT2D eigenvalue weighted by molar-refractivity contribution is 8.14. The molecule has 3 heteroatoms. The van der Waals surface area contributed by atoms with Crippen molar-refractivity contribution in [3.63, 3.8) is 0 Å². The van der Waals surface area contributed by atoms with Crippen LogP contribution in [0.25, 0.3) is 0 Å². The predicted octanol–water partition coefficient (Wildman–Crippen LogP) is 5.23. The van der Waals surface area contributed by atoms with Gasteiger partial charge >= 0.3 is 0 Å². The van der Waals surface area contributed by atoms with Gasteiger partial charge in [-0.15, -0.1) is 0 Å². The summed E-state index contributed by atoms with van der Waals surface area (Å²) in [4.78, 5) is 4.80. The first kappa shape index (κ1) is 17.2. The Bertz CT molecular complexity index is 340. The fraction of sp³-hybridized carbons (Fsp3) is 0.944. The molecule has 1 spiro atoms. The van der Waals surface area contributed by atoms with E-state index in [1.165, 1.54) is 68.7 Å². The number of hydrogen-bond acceptors (Lipinski definition) is 2. The number of unbranched alkanes of at least 4 members (excludes halogenated alkanes) is 3. The van der Waals surface area contributed by atoms with E-state index in [-0.39, 0.29) is 0 Å². The van der Waals surface area contributed by atoms with Gasteiger partial charge in [0.2, 0.25) is 0 Å². The molecule has 0 aromatic rings. The summed E-state index contributed by atoms with van der Waals surface area (Å²) in [6.07, 6.45) is 12.2. The number of hydrogen-bond donors (Lipinski definition) is 1. The SMILES string of the molecule is CC(C)CCCCCCN=C1NC2(CCCC(C)C2)CS1. The van der Waals surface area contributed by atoms with Gasteiger partial charge in [0.1, 0.15) is 0 Å². The van der Waals surface area contributed by atoms with Crippen molar-refractivity contribution in [3.8, 4) is 0 Å². The van der Waals surface area contributed by atoms with E-state index in [1.54, 1.807) is 0 Å². The molecule has 2 aliphatic rings. The fourth-order valence-electron chi connectivity index (χ4n) is 3.69. The maximum atomic E-state index is 4.80. The highest BCUT2D eigenvalue weighted by Crippen LogP contribution is 2.38. The number of rotatable bonds is 7. The minimum Gasteiger partial charge on any atom is -0.359 e. The minimum atomic E-state index is 0.387. The van der Waals surface area contributed by atoms with Crippen molar-refractivity contribution in [2.75, 3.05) is 12.3 Å². The van der Waals surface area contributed by atoms with Gasteiger partial charge in [-0.05, 0) is 31.1 Å². The molecule has 1 aliphatic heterocycles. The second kappa shape index (κ2) is 8.45. The van der Waals surface area contributed by atoms with E-state index >= 15 is 0 Å². The average molecular weight is 311 g/mol. The molecule has 1 N–H and O–H groups in total. The Morgan fingerprint density at radius 1 is 1.29 bits per heavy atom. The topological polar surface area (TPSA) is 24.4 Å². The first-order chi connectivity index (χ1) is 10.1. The Morgan fingerprint density at radius 3 is 2.86 bits per heavy atom. The molecule has 21 heavy (non-hydrogen) atoms. The van der Waals surface area contributed by atoms with E-state index in [9.17, 15) is 0 Å². The Balaban J connectivity index is 1.60. The molecular weight excluding hydrogens is 276 g/mol. The summed E-state index contributed by atoms with van der Waals surface area (Å²) < 4.78 is 0. The lowest BCUT2D eigenvalue weighted by molar-refractivity contribution is 0.242. The van der Waals surface area contributed by atoms with E-state index in [0.29, 0.717) is 5.54 Å². The second-order valence-electron chi connectivity index (χ2n) is 7.68. The van der Waals surface area contributed by atoms with Gasteiger partial charge in [0.15, 0.2) is 5.17 Å². The number of aliphatic imine (C=N–C) groups is 1. The molecule has 2 fully saturated rings. The minimum absolute atomic E-state index is 0.387. The van der Waals surface area contributed by atoms with Gasteiger partial charge in [0, 0.05) is 17.8 Å². The third kappa shape index (κ3) is 5.84. The van der Waals surface area contributed by atoms with Gasteiger partial charge in [-0.3, -0.25) is 4.99 Å². The largest absolute Gasteiger partial charge is 0.359 e. The monoisotopic (exact) mass is 310 g/mol. The molecule has 0 radical (unpaired) electrons. The molecule has 2 rings (SSSR count). The molecule has 0 bridgehead atoms. The van der Waals surface area contributed by atoms with E-state index in [4.69, 9.17) is 4.99 Å². The average Bonchev–Trinajstić information content (AvgIpc) is 2.80. The highest BCUT2D eigenvalue weighted by Gasteiger charge is 2.40. The lowest BCUT2D eigenvalue weighted by Gasteiger charge is -2.36. The lowest BCUT2D eigenvalue weighted by Crippen LogP contribution is -2.47. The van der Waals surface area contributed by atoms with E-state index < -0.39 is 0 Å². The van der Waals surface area contributed by atoms with Crippen LogP contribution in [0, 0.1) is 11.8 Å². The van der Waals surface area contributed by atoms with Crippen molar-refractivity contribution in [2.24, 2.45) is 16.8 Å². The van der Waals surface area contributed by atoms with Gasteiger partial charge in [-0.2, -0.15) is 0 Å². The second-order valence-corrected chi connectivity index (χ2v) is 8.64. The molecule has 2 unspecified atom stereocenters. The first-order valence-electron chi connectivity index (χ1n) is 9.05. The normalized spacial score (nSPS) is 31.2. The van der Waals surface area contributed by atoms with Crippen LogP contribution in [0.3, 0.4) is 0 Å². The zero-order valence-corrected chi connectivity index (χ0v) is 15.1. The Morgan fingerprint density at radius 2 is 2.10 bits per heavy atom. The third-order valence-corrected chi connectivity index (χ3v) is 6.10. The van der Waals surface area contributed by atoms with Crippen molar-refractivity contribution in [2.45, 2.75) is 84.1 Å². The Kier molecular flexibility index (Phi) is 6.91. The summed E-state index contributed by atoms with van der Waals surface area (Å²) in [7, 11) is 0. The third-order valence-electron chi connectivity index (χ3n) is 4.89. The molecule has 1 saturated heterocycles. The van der Waals surface area contributed by atoms with Gasteiger partial charge < -0.3 is 5.32 Å². The summed E-state index contributed by atoms with van der Waals surface area (Å²) in [5.74, 6) is 2.98. The summed E-state index contributed by atoms with van der Waals surface area (Å²) in [5.41, 5.74) is 0.387. The van der Waals surface area contributed by atoms with Crippen molar-refractivity contribution in [1.29, 1.82) is 0 Å². The van der Waals surface area contributed by atoms with Crippen LogP contribution in [0.2, 0.25) is 0 Å². The molecule has 122 valence electrons. The molecule has 1 saturated carbocycles. The number of nitrogens with one attached hydrogen (secondary N) is 1.